The molecule has 5 rings (SSSR count). The maximum absolute atomic E-state index is 14.1. The third-order valence-electron chi connectivity index (χ3n) is 6.17. The van der Waals surface area contributed by atoms with Gasteiger partial charge in [0.05, 0.1) is 0 Å². The van der Waals surface area contributed by atoms with Crippen molar-refractivity contribution in [3.8, 4) is 0 Å². The number of fused-ring (bicyclic) bond motifs is 4. The summed E-state index contributed by atoms with van der Waals surface area (Å²) >= 11 is 0. The van der Waals surface area contributed by atoms with Gasteiger partial charge in [0, 0.05) is 47.2 Å². The Morgan fingerprint density at radius 1 is 1.06 bits per heavy atom. The van der Waals surface area contributed by atoms with Crippen molar-refractivity contribution in [1.29, 1.82) is 0 Å². The molecule has 0 radical (unpaired) electrons. The number of benzene rings is 3. The van der Waals surface area contributed by atoms with Crippen molar-refractivity contribution in [2.24, 2.45) is 0 Å². The van der Waals surface area contributed by atoms with Gasteiger partial charge in [0.15, 0.2) is 0 Å². The summed E-state index contributed by atoms with van der Waals surface area (Å²) in [5.41, 5.74) is 3.23. The minimum atomic E-state index is -0.381. The first-order valence-corrected chi connectivity index (χ1v) is 10.9. The zero-order valence-corrected chi connectivity index (χ0v) is 18.1. The average Bonchev–Trinajstić information content (AvgIpc) is 3.13. The zero-order valence-electron chi connectivity index (χ0n) is 18.1. The molecule has 0 N–H and O–H groups in total. The minimum Gasteiger partial charge on any atom is -0.460 e. The van der Waals surface area contributed by atoms with Crippen molar-refractivity contribution in [1.82, 2.24) is 9.47 Å². The Balaban J connectivity index is 1.52. The molecule has 2 heterocycles. The molecule has 0 saturated carbocycles. The fourth-order valence-corrected chi connectivity index (χ4v) is 4.68. The number of amides is 1. The number of halogens is 1. The van der Waals surface area contributed by atoms with Crippen LogP contribution in [0, 0.1) is 5.82 Å². The Hall–Kier alpha value is -3.93. The highest BCUT2D eigenvalue weighted by Crippen LogP contribution is 2.33. The second kappa shape index (κ2) is 8.54. The summed E-state index contributed by atoms with van der Waals surface area (Å²) < 4.78 is 21.2. The molecule has 5 nitrogen and oxygen atoms in total. The molecule has 33 heavy (non-hydrogen) atoms. The molecule has 0 fully saturated rings. The summed E-state index contributed by atoms with van der Waals surface area (Å²) in [5, 5.41) is 2.64. The Morgan fingerprint density at radius 2 is 1.88 bits per heavy atom. The minimum absolute atomic E-state index is 0.0303. The van der Waals surface area contributed by atoms with E-state index in [0.717, 1.165) is 32.9 Å². The number of nitrogens with zero attached hydrogens (tertiary/aromatic N) is 2. The number of carbonyl (C=O) groups is 2. The Bertz CT molecular complexity index is 1400. The van der Waals surface area contributed by atoms with Gasteiger partial charge in [-0.15, -0.1) is 0 Å². The monoisotopic (exact) mass is 442 g/mol. The van der Waals surface area contributed by atoms with Crippen molar-refractivity contribution in [2.75, 3.05) is 13.2 Å². The molecule has 1 aromatic heterocycles. The lowest BCUT2D eigenvalue weighted by Crippen LogP contribution is -2.36. The van der Waals surface area contributed by atoms with Crippen LogP contribution in [0.15, 0.2) is 73.3 Å². The first kappa shape index (κ1) is 20.9. The van der Waals surface area contributed by atoms with E-state index in [1.165, 1.54) is 18.2 Å². The van der Waals surface area contributed by atoms with Gasteiger partial charge >= 0.3 is 5.97 Å². The van der Waals surface area contributed by atoms with Gasteiger partial charge in [-0.25, -0.2) is 4.39 Å². The van der Waals surface area contributed by atoms with Gasteiger partial charge in [0.2, 0.25) is 0 Å². The molecule has 0 aliphatic carbocycles. The van der Waals surface area contributed by atoms with Crippen LogP contribution >= 0.6 is 0 Å². The predicted molar refractivity (Wildman–Crippen MR) is 125 cm³/mol. The number of ether oxygens (including phenoxy) is 1. The second-order valence-corrected chi connectivity index (χ2v) is 8.15. The summed E-state index contributed by atoms with van der Waals surface area (Å²) in [6.07, 6.45) is 2.09. The average molecular weight is 442 g/mol. The van der Waals surface area contributed by atoms with E-state index in [4.69, 9.17) is 4.74 Å². The van der Waals surface area contributed by atoms with Gasteiger partial charge < -0.3 is 14.2 Å². The number of carbonyl (C=O) groups excluding carboxylic acids is 2. The Kier molecular flexibility index (Phi) is 5.42. The highest BCUT2D eigenvalue weighted by Gasteiger charge is 2.28. The third-order valence-corrected chi connectivity index (χ3v) is 6.17. The molecule has 1 aliphatic rings. The quantitative estimate of drug-likeness (QED) is 0.328. The van der Waals surface area contributed by atoms with Gasteiger partial charge in [-0.1, -0.05) is 49.1 Å². The lowest BCUT2D eigenvalue weighted by molar-refractivity contribution is -0.143. The normalized spacial score (nSPS) is 13.2. The van der Waals surface area contributed by atoms with Gasteiger partial charge in [0.25, 0.3) is 5.91 Å². The van der Waals surface area contributed by atoms with Crippen LogP contribution in [0.5, 0.6) is 0 Å². The van der Waals surface area contributed by atoms with Crippen LogP contribution in [0.2, 0.25) is 0 Å². The predicted octanol–water partition coefficient (Wildman–Crippen LogP) is 4.86. The summed E-state index contributed by atoms with van der Waals surface area (Å²) in [6, 6.07) is 18.1. The van der Waals surface area contributed by atoms with Crippen LogP contribution in [0.1, 0.15) is 21.6 Å². The fourth-order valence-electron chi connectivity index (χ4n) is 4.68. The first-order valence-electron chi connectivity index (χ1n) is 10.9. The van der Waals surface area contributed by atoms with Crippen molar-refractivity contribution >= 4 is 33.6 Å². The van der Waals surface area contributed by atoms with E-state index in [1.807, 2.05) is 47.0 Å². The maximum Gasteiger partial charge on any atom is 0.326 e. The molecule has 4 aromatic rings. The van der Waals surface area contributed by atoms with Crippen LogP contribution in [0.3, 0.4) is 0 Å². The van der Waals surface area contributed by atoms with Crippen LogP contribution in [0.4, 0.5) is 4.39 Å². The standard InChI is InChI=1S/C27H23FN2O3/c1-2-14-33-26(31)17-30-24-11-10-19(28)15-22(24)23-16-29(13-12-25(23)30)27(32)21-9-5-7-18-6-3-4-8-20(18)21/h2-11,15H,1,12-14,16-17H2. The van der Waals surface area contributed by atoms with Gasteiger partial charge in [0.1, 0.15) is 19.0 Å². The molecule has 1 aliphatic heterocycles. The SMILES string of the molecule is C=CCOC(=O)Cn1c2c(c3cc(F)ccc31)CN(C(=O)c1cccc3ccccc13)CC2. The highest BCUT2D eigenvalue weighted by atomic mass is 19.1. The van der Waals surface area contributed by atoms with Crippen LogP contribution in [0.25, 0.3) is 21.7 Å². The van der Waals surface area contributed by atoms with Crippen molar-refractivity contribution in [3.05, 3.63) is 96.0 Å². The van der Waals surface area contributed by atoms with Crippen LogP contribution in [-0.4, -0.2) is 34.5 Å². The smallest absolute Gasteiger partial charge is 0.326 e. The number of aromatic nitrogens is 1. The zero-order chi connectivity index (χ0) is 22.9. The molecule has 166 valence electrons. The van der Waals surface area contributed by atoms with E-state index in [9.17, 15) is 14.0 Å². The van der Waals surface area contributed by atoms with Crippen LogP contribution in [-0.2, 0) is 29.0 Å². The van der Waals surface area contributed by atoms with Crippen molar-refractivity contribution in [3.63, 3.8) is 0 Å². The molecule has 0 atom stereocenters. The van der Waals surface area contributed by atoms with Crippen molar-refractivity contribution < 1.29 is 18.7 Å². The highest BCUT2D eigenvalue weighted by molar-refractivity contribution is 6.07. The van der Waals surface area contributed by atoms with Gasteiger partial charge in [-0.3, -0.25) is 9.59 Å². The van der Waals surface area contributed by atoms with E-state index < -0.39 is 0 Å². The molecule has 0 unspecified atom stereocenters. The number of hydrogen-bond donors (Lipinski definition) is 0. The summed E-state index contributed by atoms with van der Waals surface area (Å²) in [4.78, 5) is 27.6. The van der Waals surface area contributed by atoms with E-state index in [0.29, 0.717) is 25.1 Å². The van der Waals surface area contributed by atoms with E-state index in [-0.39, 0.29) is 30.8 Å². The molecular weight excluding hydrogens is 419 g/mol. The first-order chi connectivity index (χ1) is 16.1. The summed E-state index contributed by atoms with van der Waals surface area (Å²) in [5.74, 6) is -0.789. The third kappa shape index (κ3) is 3.78. The van der Waals surface area contributed by atoms with Gasteiger partial charge in [-0.05, 0) is 35.0 Å². The Labute approximate surface area is 190 Å². The molecule has 6 heteroatoms. The lowest BCUT2D eigenvalue weighted by atomic mass is 10.0. The topological polar surface area (TPSA) is 51.5 Å². The molecule has 3 aromatic carbocycles. The van der Waals surface area contributed by atoms with Crippen LogP contribution < -0.4 is 0 Å². The maximum atomic E-state index is 14.1. The fraction of sp³-hybridized carbons (Fsp3) is 0.185. The van der Waals surface area contributed by atoms with Crippen molar-refractivity contribution in [2.45, 2.75) is 19.5 Å². The van der Waals surface area contributed by atoms with Gasteiger partial charge in [-0.2, -0.15) is 0 Å². The van der Waals surface area contributed by atoms with E-state index >= 15 is 0 Å². The number of esters is 1. The summed E-state index contributed by atoms with van der Waals surface area (Å²) in [7, 11) is 0. The largest absolute Gasteiger partial charge is 0.460 e. The number of rotatable bonds is 5. The van der Waals surface area contributed by atoms with E-state index in [2.05, 4.69) is 6.58 Å². The number of hydrogen-bond acceptors (Lipinski definition) is 3. The molecule has 0 saturated heterocycles. The molecule has 0 bridgehead atoms. The van der Waals surface area contributed by atoms with E-state index in [1.54, 1.807) is 11.0 Å². The second-order valence-electron chi connectivity index (χ2n) is 8.15. The Morgan fingerprint density at radius 3 is 2.73 bits per heavy atom. The molecular formula is C27H23FN2O3. The molecule has 1 amide bonds. The summed E-state index contributed by atoms with van der Waals surface area (Å²) in [6.45, 7) is 4.60. The lowest BCUT2D eigenvalue weighted by Gasteiger charge is -2.29. The molecule has 0 spiro atoms.